The number of alkyl halides is 3. The molecule has 35 nitrogen and oxygen atoms in total. The van der Waals surface area contributed by atoms with Crippen molar-refractivity contribution in [1.82, 2.24) is 39.4 Å². The molecule has 150 heavy (non-hydrogen) atoms. The molecule has 4 atom stereocenters. The Morgan fingerprint density at radius 2 is 0.793 bits per heavy atom. The summed E-state index contributed by atoms with van der Waals surface area (Å²) in [5.41, 5.74) is 9.16. The second kappa shape index (κ2) is 68.3. The van der Waals surface area contributed by atoms with Crippen LogP contribution in [0, 0.1) is 45.9 Å². The van der Waals surface area contributed by atoms with Gasteiger partial charge in [0.05, 0.1) is 148 Å². The Morgan fingerprint density at radius 3 is 1.12 bits per heavy atom. The van der Waals surface area contributed by atoms with Gasteiger partial charge < -0.3 is 93.3 Å². The molecule has 6 aromatic rings. The molecule has 8 amide bonds. The normalized spacial score (nSPS) is 13.3. The van der Waals surface area contributed by atoms with Crippen LogP contribution in [0.5, 0.6) is 0 Å². The number of halogens is 7. The third kappa shape index (κ3) is 48.3. The molecule has 0 fully saturated rings. The zero-order chi connectivity index (χ0) is 110. The van der Waals surface area contributed by atoms with Crippen molar-refractivity contribution in [3.63, 3.8) is 0 Å². The maximum atomic E-state index is 15.3. The van der Waals surface area contributed by atoms with Crippen molar-refractivity contribution in [3.05, 3.63) is 192 Å². The first-order valence-corrected chi connectivity index (χ1v) is 54.3. The Labute approximate surface area is 879 Å². The molecule has 0 radical (unpaired) electrons. The highest BCUT2D eigenvalue weighted by Gasteiger charge is 2.42. The van der Waals surface area contributed by atoms with E-state index in [4.69, 9.17) is 58.3 Å². The van der Waals surface area contributed by atoms with Crippen molar-refractivity contribution >= 4 is 115 Å². The van der Waals surface area contributed by atoms with Crippen molar-refractivity contribution in [2.24, 2.45) is 28.4 Å². The number of benzene rings is 4. The first-order chi connectivity index (χ1) is 70.9. The van der Waals surface area contributed by atoms with Crippen LogP contribution in [0.25, 0.3) is 22.3 Å². The number of aromatic nitrogens is 2. The third-order valence-electron chi connectivity index (χ3n) is 22.6. The van der Waals surface area contributed by atoms with Crippen LogP contribution >= 0.6 is 23.5 Å². The number of hydrogen-bond donors (Lipinski definition) is 6. The number of hydrogen-bond acceptors (Lipinski definition) is 26. The quantitative estimate of drug-likeness (QED) is 0.00679. The number of nitrogens with one attached hydrogen (secondary N) is 2. The standard InChI is InChI=1S/C54H74F2N4O13SSi.C48H63F2N5O11S.C2HF3O2.CH4/c1-54(2,3)52(46-32-40(44-33-42(55)14-15-45(44)56)35-58(46)34-39-11-7-6-8-12-39)59(20-10-9-13-51(66)73-29-30-75(4)5)50(65)38-74-37-41(53(67)68)31-43(61)18-21-69-23-25-71-27-28-72-26-24-70-22-19-57-47(62)36-60-48(63)16-17-49(60)64;1-48(2,3)46(41-27-35(39-28-37(49)10-11-40(39)50)30-53(41)29-34-8-5-4-6-9-34)54(17-7-15-51)45(60)33-67-32-36(47(61)62)26-38(56)14-18-63-20-22-65-24-25-66-23-21-64-19-16-52-42(57)31-55-43(58)12-13-44(55)59;3-2(4,5)1(6)7;/h6-8,11-12,14-17,32-33,35,41,52,75H,9-10,13,18-31,34,36-38H2,1-5H3,(H,57,62)(H,67,68);4-6,8-13,27-28,30,36,46H,7,14-26,29,31-33,51H2,1-3H3,(H,52,57)(H,61,62);(H,6,7);1H4/t41-,52-;36-,46-;;/m00../s1. The molecule has 828 valence electrons. The predicted molar refractivity (Wildman–Crippen MR) is 551 cm³/mol. The maximum Gasteiger partial charge on any atom is 0.490 e. The number of amides is 8. The number of Topliss-reactive ketones (excluding diaryl/α,β-unsaturated/α-hetero) is 2. The second-order valence-electron chi connectivity index (χ2n) is 37.2. The number of carbonyl (C=O) groups is 14. The summed E-state index contributed by atoms with van der Waals surface area (Å²) < 4.78 is 144. The van der Waals surface area contributed by atoms with Gasteiger partial charge in [0.25, 0.3) is 23.6 Å². The minimum Gasteiger partial charge on any atom is -0.481 e. The molecule has 0 bridgehead atoms. The van der Waals surface area contributed by atoms with E-state index in [1.54, 1.807) is 34.3 Å². The number of nitrogens with zero attached hydrogens (tertiary/aromatic N) is 6. The summed E-state index contributed by atoms with van der Waals surface area (Å²) in [6.07, 6.45) is 4.01. The Balaban J connectivity index is 0.000000494. The first kappa shape index (κ1) is 129. The zero-order valence-electron chi connectivity index (χ0n) is 85.3. The number of carboxylic acid groups (broad SMARTS) is 3. The second-order valence-corrected chi connectivity index (χ2v) is 42.6. The van der Waals surface area contributed by atoms with Crippen LogP contribution in [0.3, 0.4) is 0 Å². The van der Waals surface area contributed by atoms with Gasteiger partial charge in [-0.05, 0) is 102 Å². The molecule has 2 aliphatic heterocycles. The number of imide groups is 2. The van der Waals surface area contributed by atoms with Crippen molar-refractivity contribution < 1.29 is 156 Å². The average molecular weight is 2170 g/mol. The maximum absolute atomic E-state index is 15.3. The monoisotopic (exact) mass is 2170 g/mol. The van der Waals surface area contributed by atoms with E-state index in [2.05, 4.69) is 23.7 Å². The summed E-state index contributed by atoms with van der Waals surface area (Å²) >= 11 is 2.26. The topological polar surface area (TPSA) is 456 Å². The van der Waals surface area contributed by atoms with Gasteiger partial charge in [0, 0.05) is 162 Å². The number of thioether (sulfide) groups is 2. The molecule has 0 saturated heterocycles. The lowest BCUT2D eigenvalue weighted by atomic mass is 9.83. The van der Waals surface area contributed by atoms with Gasteiger partial charge in [0.2, 0.25) is 23.6 Å². The number of ketones is 2. The summed E-state index contributed by atoms with van der Waals surface area (Å²) in [4.78, 5) is 176. The number of esters is 1. The van der Waals surface area contributed by atoms with Gasteiger partial charge in [-0.15, -0.1) is 0 Å². The van der Waals surface area contributed by atoms with Gasteiger partial charge in [-0.25, -0.2) is 22.4 Å². The third-order valence-corrected chi connectivity index (χ3v) is 26.2. The fraction of sp³-hybridized carbons (Fsp3) is 0.524. The molecule has 0 saturated carbocycles. The number of rotatable bonds is 69. The highest BCUT2D eigenvalue weighted by Crippen LogP contribution is 2.44. The van der Waals surface area contributed by atoms with Crippen molar-refractivity contribution in [1.29, 1.82) is 0 Å². The molecule has 7 N–H and O–H groups in total. The van der Waals surface area contributed by atoms with Gasteiger partial charge in [0.15, 0.2) is 0 Å². The van der Waals surface area contributed by atoms with E-state index in [-0.39, 0.29) is 215 Å². The lowest BCUT2D eigenvalue weighted by molar-refractivity contribution is -0.192. The molecule has 4 aromatic carbocycles. The molecule has 0 spiro atoms. The molecule has 0 unspecified atom stereocenters. The van der Waals surface area contributed by atoms with Crippen LogP contribution < -0.4 is 16.4 Å². The summed E-state index contributed by atoms with van der Waals surface area (Å²) in [7, 11) is -0.891. The minimum atomic E-state index is -5.08. The average Bonchev–Trinajstić information content (AvgIpc) is 1.62. The van der Waals surface area contributed by atoms with E-state index in [1.165, 1.54) is 0 Å². The minimum absolute atomic E-state index is 0. The van der Waals surface area contributed by atoms with E-state index in [9.17, 15) is 94.5 Å². The van der Waals surface area contributed by atoms with Gasteiger partial charge in [-0.3, -0.25) is 72.1 Å². The fourth-order valence-corrected chi connectivity index (χ4v) is 17.8. The van der Waals surface area contributed by atoms with Crippen LogP contribution in [0.2, 0.25) is 19.1 Å². The molecular weight excluding hydrogens is 2030 g/mol. The van der Waals surface area contributed by atoms with Crippen molar-refractivity contribution in [2.75, 3.05) is 181 Å². The number of carboxylic acids is 3. The lowest BCUT2D eigenvalue weighted by Gasteiger charge is -2.41. The Morgan fingerprint density at radius 1 is 0.453 bits per heavy atom. The van der Waals surface area contributed by atoms with Crippen LogP contribution in [0.4, 0.5) is 30.7 Å². The number of carbonyl (C=O) groups excluding carboxylic acids is 11. The zero-order valence-corrected chi connectivity index (χ0v) is 88.1. The van der Waals surface area contributed by atoms with Crippen LogP contribution in [-0.2, 0) is 123 Å². The molecule has 4 heterocycles. The van der Waals surface area contributed by atoms with E-state index < -0.39 is 126 Å². The Kier molecular flexibility index (Phi) is 58.7. The number of unbranched alkanes of at least 4 members (excludes halogenated alkanes) is 1. The molecule has 0 aliphatic carbocycles. The SMILES string of the molecule is C.CC(C)(C)[C@H](c1cc(-c2cc(F)ccc2F)cn1Cc1ccccc1)N(CCCN)C(=O)CSC[C@H](CC(=O)CCOCCOCCOCCOCCNC(=O)CN1C(=O)C=CC1=O)C(=O)O.C[SiH](C)CCOC(=O)CCCCN(C(=O)CSC[C@H](CC(=O)CCOCCOCCOCCOCCNC(=O)CN1C(=O)C=CC1=O)C(=O)O)[C@@H](c1cc(-c2cc(F)ccc2F)cn1Cc1ccccc1)C(C)(C)C.O=C(O)C(F)(F)F. The molecular formula is C105H142F7N9O26S2Si. The predicted octanol–water partition coefficient (Wildman–Crippen LogP) is 12.4. The number of ether oxygens (including phenoxy) is 9. The summed E-state index contributed by atoms with van der Waals surface area (Å²) in [5, 5.41) is 32.4. The molecule has 8 rings (SSSR count). The van der Waals surface area contributed by atoms with Crippen LogP contribution in [-0.4, -0.2) is 323 Å². The van der Waals surface area contributed by atoms with E-state index >= 15 is 8.78 Å². The number of aliphatic carboxylic acids is 3. The van der Waals surface area contributed by atoms with Gasteiger partial charge >= 0.3 is 30.1 Å². The Hall–Kier alpha value is -11.6. The van der Waals surface area contributed by atoms with Crippen LogP contribution in [0.1, 0.15) is 135 Å². The lowest BCUT2D eigenvalue weighted by Crippen LogP contribution is -2.44. The van der Waals surface area contributed by atoms with Crippen molar-refractivity contribution in [3.8, 4) is 22.3 Å². The van der Waals surface area contributed by atoms with Gasteiger partial charge in [0.1, 0.15) is 47.9 Å². The van der Waals surface area contributed by atoms with Gasteiger partial charge in [-0.1, -0.05) is 123 Å². The van der Waals surface area contributed by atoms with E-state index in [0.29, 0.717) is 101 Å². The smallest absolute Gasteiger partial charge is 0.481 e. The molecule has 2 aliphatic rings. The Bertz CT molecular complexity index is 5320. The summed E-state index contributed by atoms with van der Waals surface area (Å²) in [6, 6.07) is 29.2. The summed E-state index contributed by atoms with van der Waals surface area (Å²) in [5.74, 6) is -14.1. The molecule has 2 aromatic heterocycles. The number of nitrogens with two attached hydrogens (primary N) is 1. The fourth-order valence-electron chi connectivity index (χ4n) is 15.2. The van der Waals surface area contributed by atoms with Gasteiger partial charge in [-0.2, -0.15) is 36.7 Å². The highest BCUT2D eigenvalue weighted by atomic mass is 32.2. The highest BCUT2D eigenvalue weighted by molar-refractivity contribution is 8.00. The van der Waals surface area contributed by atoms with E-state index in [1.807, 2.05) is 111 Å². The first-order valence-electron chi connectivity index (χ1n) is 48.9. The molecule has 45 heteroatoms. The van der Waals surface area contributed by atoms with E-state index in [0.717, 1.165) is 111 Å². The van der Waals surface area contributed by atoms with Crippen LogP contribution in [0.15, 0.2) is 146 Å². The van der Waals surface area contributed by atoms with Crippen molar-refractivity contribution in [2.45, 2.75) is 151 Å². The summed E-state index contributed by atoms with van der Waals surface area (Å²) in [6.45, 7) is 21.9. The largest absolute Gasteiger partial charge is 0.490 e.